The maximum Gasteiger partial charge on any atom is 0.240 e. The molecule has 1 heterocycles. The van der Waals surface area contributed by atoms with E-state index in [1.807, 2.05) is 0 Å². The molecule has 5 nitrogen and oxygen atoms in total. The molecule has 1 aliphatic rings. The first-order chi connectivity index (χ1) is 10.3. The van der Waals surface area contributed by atoms with Crippen molar-refractivity contribution in [3.05, 3.63) is 11.9 Å². The second-order valence-corrected chi connectivity index (χ2v) is 5.59. The molecular formula is C16H27N3O2. The highest BCUT2D eigenvalue weighted by Gasteiger charge is 2.28. The third-order valence-electron chi connectivity index (χ3n) is 4.24. The van der Waals surface area contributed by atoms with Crippen molar-refractivity contribution in [3.8, 4) is 11.8 Å². The van der Waals surface area contributed by atoms with Gasteiger partial charge < -0.3 is 14.8 Å². The molecule has 2 rings (SSSR count). The van der Waals surface area contributed by atoms with Crippen molar-refractivity contribution in [3.63, 3.8) is 0 Å². The van der Waals surface area contributed by atoms with E-state index in [1.165, 1.54) is 38.5 Å². The molecule has 1 aromatic rings. The predicted molar refractivity (Wildman–Crippen MR) is 82.7 cm³/mol. The molecule has 0 amide bonds. The zero-order valence-electron chi connectivity index (χ0n) is 13.4. The van der Waals surface area contributed by atoms with Gasteiger partial charge in [0.1, 0.15) is 5.69 Å². The fourth-order valence-electron chi connectivity index (χ4n) is 3.18. The van der Waals surface area contributed by atoms with Crippen LogP contribution in [0.1, 0.15) is 57.2 Å². The van der Waals surface area contributed by atoms with Crippen LogP contribution < -0.4 is 14.8 Å². The van der Waals surface area contributed by atoms with E-state index in [2.05, 4.69) is 22.2 Å². The van der Waals surface area contributed by atoms with Crippen LogP contribution in [0, 0.1) is 5.92 Å². The van der Waals surface area contributed by atoms with E-state index < -0.39 is 0 Å². The molecule has 0 bridgehead atoms. The number of methoxy groups -OCH3 is 2. The lowest BCUT2D eigenvalue weighted by Crippen LogP contribution is -2.29. The number of aromatic nitrogens is 2. The van der Waals surface area contributed by atoms with Crippen LogP contribution in [0.4, 0.5) is 0 Å². The van der Waals surface area contributed by atoms with Crippen molar-refractivity contribution < 1.29 is 9.47 Å². The van der Waals surface area contributed by atoms with Crippen LogP contribution in [0.3, 0.4) is 0 Å². The lowest BCUT2D eigenvalue weighted by molar-refractivity contribution is 0.300. The average Bonchev–Trinajstić information content (AvgIpc) is 2.81. The number of nitrogens with one attached hydrogen (secondary N) is 1. The second-order valence-electron chi connectivity index (χ2n) is 5.59. The van der Waals surface area contributed by atoms with Gasteiger partial charge >= 0.3 is 0 Å². The Labute approximate surface area is 127 Å². The molecule has 1 unspecified atom stereocenters. The van der Waals surface area contributed by atoms with Gasteiger partial charge in [-0.05, 0) is 25.3 Å². The summed E-state index contributed by atoms with van der Waals surface area (Å²) < 4.78 is 10.6. The summed E-state index contributed by atoms with van der Waals surface area (Å²) in [6, 6.07) is 0.210. The maximum atomic E-state index is 5.44. The number of hydrogen-bond acceptors (Lipinski definition) is 5. The number of nitrogens with zero attached hydrogens (tertiary/aromatic N) is 2. The monoisotopic (exact) mass is 293 g/mol. The number of rotatable bonds is 6. The van der Waals surface area contributed by atoms with E-state index in [1.54, 1.807) is 20.4 Å². The van der Waals surface area contributed by atoms with Gasteiger partial charge in [0.2, 0.25) is 11.8 Å². The lowest BCUT2D eigenvalue weighted by Gasteiger charge is -2.27. The van der Waals surface area contributed by atoms with Gasteiger partial charge in [-0.25, -0.2) is 4.98 Å². The van der Waals surface area contributed by atoms with Crippen molar-refractivity contribution >= 4 is 0 Å². The van der Waals surface area contributed by atoms with Crippen molar-refractivity contribution in [1.29, 1.82) is 0 Å². The molecule has 118 valence electrons. The van der Waals surface area contributed by atoms with E-state index >= 15 is 0 Å². The standard InChI is InChI=1S/C16H27N3O2/c1-4-17-14(12-9-7-5-6-8-10-12)15-16(21-3)19-13(20-2)11-18-15/h11-12,14,17H,4-10H2,1-3H3. The highest BCUT2D eigenvalue weighted by Crippen LogP contribution is 2.36. The van der Waals surface area contributed by atoms with Crippen molar-refractivity contribution in [2.75, 3.05) is 20.8 Å². The fourth-order valence-corrected chi connectivity index (χ4v) is 3.18. The van der Waals surface area contributed by atoms with Crippen LogP contribution in [0.2, 0.25) is 0 Å². The third-order valence-corrected chi connectivity index (χ3v) is 4.24. The van der Waals surface area contributed by atoms with Crippen molar-refractivity contribution in [2.24, 2.45) is 5.92 Å². The first-order valence-corrected chi connectivity index (χ1v) is 7.98. The van der Waals surface area contributed by atoms with Gasteiger partial charge in [-0.3, -0.25) is 0 Å². The van der Waals surface area contributed by atoms with Gasteiger partial charge in [-0.2, -0.15) is 4.98 Å². The summed E-state index contributed by atoms with van der Waals surface area (Å²) in [5, 5.41) is 3.59. The number of ether oxygens (including phenoxy) is 2. The maximum absolute atomic E-state index is 5.44. The van der Waals surface area contributed by atoms with Gasteiger partial charge in [-0.1, -0.05) is 32.6 Å². The quantitative estimate of drug-likeness (QED) is 0.817. The predicted octanol–water partition coefficient (Wildman–Crippen LogP) is 3.11. The normalized spacial score (nSPS) is 18.0. The molecule has 1 aliphatic carbocycles. The topological polar surface area (TPSA) is 56.3 Å². The number of hydrogen-bond donors (Lipinski definition) is 1. The highest BCUT2D eigenvalue weighted by molar-refractivity contribution is 5.26. The molecule has 1 saturated carbocycles. The van der Waals surface area contributed by atoms with Crippen LogP contribution in [0.25, 0.3) is 0 Å². The van der Waals surface area contributed by atoms with E-state index in [-0.39, 0.29) is 6.04 Å². The molecular weight excluding hydrogens is 266 g/mol. The van der Waals surface area contributed by atoms with Crippen LogP contribution in [0.5, 0.6) is 11.8 Å². The SMILES string of the molecule is CCNC(c1ncc(OC)nc1OC)C1CCCCCC1. The third kappa shape index (κ3) is 4.06. The zero-order chi connectivity index (χ0) is 15.1. The van der Waals surface area contributed by atoms with Crippen molar-refractivity contribution in [2.45, 2.75) is 51.5 Å². The van der Waals surface area contributed by atoms with Gasteiger partial charge in [0.25, 0.3) is 0 Å². The fraction of sp³-hybridized carbons (Fsp3) is 0.750. The van der Waals surface area contributed by atoms with Gasteiger partial charge in [0.15, 0.2) is 0 Å². The molecule has 1 fully saturated rings. The van der Waals surface area contributed by atoms with Crippen molar-refractivity contribution in [1.82, 2.24) is 15.3 Å². The Kier molecular flexibility index (Phi) is 6.23. The largest absolute Gasteiger partial charge is 0.480 e. The minimum Gasteiger partial charge on any atom is -0.480 e. The first-order valence-electron chi connectivity index (χ1n) is 7.98. The zero-order valence-corrected chi connectivity index (χ0v) is 13.4. The Morgan fingerprint density at radius 2 is 1.90 bits per heavy atom. The molecule has 0 radical (unpaired) electrons. The molecule has 0 aromatic carbocycles. The van der Waals surface area contributed by atoms with Gasteiger partial charge in [0.05, 0.1) is 26.5 Å². The smallest absolute Gasteiger partial charge is 0.240 e. The summed E-state index contributed by atoms with van der Waals surface area (Å²) in [4.78, 5) is 8.95. The second kappa shape index (κ2) is 8.17. The molecule has 21 heavy (non-hydrogen) atoms. The lowest BCUT2D eigenvalue weighted by atomic mass is 9.89. The highest BCUT2D eigenvalue weighted by atomic mass is 16.5. The summed E-state index contributed by atoms with van der Waals surface area (Å²) in [5.41, 5.74) is 0.909. The Hall–Kier alpha value is -1.36. The molecule has 0 aliphatic heterocycles. The van der Waals surface area contributed by atoms with Crippen LogP contribution in [-0.4, -0.2) is 30.7 Å². The van der Waals surface area contributed by atoms with Crippen LogP contribution in [0.15, 0.2) is 6.20 Å². The van der Waals surface area contributed by atoms with Crippen LogP contribution in [-0.2, 0) is 0 Å². The Morgan fingerprint density at radius 1 is 1.19 bits per heavy atom. The molecule has 1 N–H and O–H groups in total. The minimum absolute atomic E-state index is 0.210. The first kappa shape index (κ1) is 16.0. The van der Waals surface area contributed by atoms with E-state index in [0.717, 1.165) is 12.2 Å². The van der Waals surface area contributed by atoms with Crippen LogP contribution >= 0.6 is 0 Å². The van der Waals surface area contributed by atoms with Gasteiger partial charge in [0, 0.05) is 0 Å². The average molecular weight is 293 g/mol. The van der Waals surface area contributed by atoms with E-state index in [0.29, 0.717) is 17.7 Å². The van der Waals surface area contributed by atoms with E-state index in [4.69, 9.17) is 9.47 Å². The molecule has 5 heteroatoms. The summed E-state index contributed by atoms with van der Waals surface area (Å²) in [6.07, 6.45) is 9.47. The van der Waals surface area contributed by atoms with E-state index in [9.17, 15) is 0 Å². The molecule has 1 atom stereocenters. The Bertz CT molecular complexity index is 432. The molecule has 0 saturated heterocycles. The summed E-state index contributed by atoms with van der Waals surface area (Å²) >= 11 is 0. The summed E-state index contributed by atoms with van der Waals surface area (Å²) in [5.74, 6) is 1.67. The molecule has 0 spiro atoms. The minimum atomic E-state index is 0.210. The van der Waals surface area contributed by atoms with Gasteiger partial charge in [-0.15, -0.1) is 0 Å². The Morgan fingerprint density at radius 3 is 2.48 bits per heavy atom. The summed E-state index contributed by atoms with van der Waals surface area (Å²) in [7, 11) is 3.24. The summed E-state index contributed by atoms with van der Waals surface area (Å²) in [6.45, 7) is 3.05. The molecule has 1 aromatic heterocycles. The Balaban J connectivity index is 2.27.